The Bertz CT molecular complexity index is 977. The van der Waals surface area contributed by atoms with E-state index in [1.807, 2.05) is 17.5 Å². The maximum atomic E-state index is 12.4. The lowest BCUT2D eigenvalue weighted by atomic mass is 10.1. The summed E-state index contributed by atoms with van der Waals surface area (Å²) in [6.45, 7) is 6.31. The number of hydrogen-bond donors (Lipinski definition) is 1. The minimum Gasteiger partial charge on any atom is -0.369 e. The number of carbonyl (C=O) groups is 1. The third kappa shape index (κ3) is 5.41. The maximum Gasteiger partial charge on any atom is 0.234 e. The molecule has 0 bridgehead atoms. The van der Waals surface area contributed by atoms with Crippen LogP contribution in [0.4, 0.5) is 11.4 Å². The van der Waals surface area contributed by atoms with Gasteiger partial charge in [-0.05, 0) is 38.2 Å². The Labute approximate surface area is 186 Å². The van der Waals surface area contributed by atoms with Gasteiger partial charge in [0.25, 0.3) is 0 Å². The fraction of sp³-hybridized carbons (Fsp3) is 0.304. The Morgan fingerprint density at radius 2 is 1.77 bits per heavy atom. The van der Waals surface area contributed by atoms with E-state index < -0.39 is 0 Å². The summed E-state index contributed by atoms with van der Waals surface area (Å²) in [5.41, 5.74) is 5.34. The predicted octanol–water partition coefficient (Wildman–Crippen LogP) is 4.60. The molecule has 1 aromatic heterocycles. The minimum atomic E-state index is -0.0144. The molecule has 2 aromatic carbocycles. The molecule has 0 unspecified atom stereocenters. The fourth-order valence-corrected chi connectivity index (χ4v) is 4.96. The molecule has 4 rings (SSSR count). The molecule has 0 atom stereocenters. The molecule has 1 N–H and O–H groups in total. The third-order valence-corrected chi connectivity index (χ3v) is 7.20. The van der Waals surface area contributed by atoms with Gasteiger partial charge < -0.3 is 15.1 Å². The number of anilines is 2. The zero-order valence-electron chi connectivity index (χ0n) is 17.3. The largest absolute Gasteiger partial charge is 0.369 e. The molecule has 5 nitrogen and oxygen atoms in total. The molecule has 3 aromatic rings. The molecule has 1 aliphatic heterocycles. The average Bonchev–Trinajstić information content (AvgIpc) is 3.23. The van der Waals surface area contributed by atoms with Gasteiger partial charge in [0.1, 0.15) is 0 Å². The van der Waals surface area contributed by atoms with Gasteiger partial charge in [0.15, 0.2) is 4.34 Å². The van der Waals surface area contributed by atoms with Crippen molar-refractivity contribution in [2.75, 3.05) is 49.2 Å². The van der Waals surface area contributed by atoms with Crippen molar-refractivity contribution in [3.05, 3.63) is 59.5 Å². The second-order valence-electron chi connectivity index (χ2n) is 7.54. The topological polar surface area (TPSA) is 48.5 Å². The van der Waals surface area contributed by atoms with Gasteiger partial charge >= 0.3 is 0 Å². The van der Waals surface area contributed by atoms with Crippen LogP contribution in [0, 0.1) is 6.92 Å². The summed E-state index contributed by atoms with van der Waals surface area (Å²) in [5, 5.41) is 5.03. The third-order valence-electron chi connectivity index (χ3n) is 5.18. The van der Waals surface area contributed by atoms with Crippen LogP contribution in [0.5, 0.6) is 0 Å². The number of rotatable bonds is 6. The Morgan fingerprint density at radius 3 is 2.47 bits per heavy atom. The van der Waals surface area contributed by atoms with Crippen molar-refractivity contribution in [2.45, 2.75) is 11.3 Å². The molecule has 0 radical (unpaired) electrons. The number of thiazole rings is 1. The van der Waals surface area contributed by atoms with Gasteiger partial charge in [-0.15, -0.1) is 11.3 Å². The second kappa shape index (κ2) is 9.64. The van der Waals surface area contributed by atoms with E-state index in [2.05, 4.69) is 70.5 Å². The highest BCUT2D eigenvalue weighted by molar-refractivity contribution is 8.01. The summed E-state index contributed by atoms with van der Waals surface area (Å²) < 4.78 is 0.908. The van der Waals surface area contributed by atoms with Crippen molar-refractivity contribution in [3.63, 3.8) is 0 Å². The summed E-state index contributed by atoms with van der Waals surface area (Å²) >= 11 is 3.05. The van der Waals surface area contributed by atoms with Crippen LogP contribution in [0.3, 0.4) is 0 Å². The number of piperazine rings is 1. The molecule has 0 saturated carbocycles. The van der Waals surface area contributed by atoms with Crippen molar-refractivity contribution in [1.82, 2.24) is 9.88 Å². The summed E-state index contributed by atoms with van der Waals surface area (Å²) in [4.78, 5) is 21.7. The lowest BCUT2D eigenvalue weighted by Crippen LogP contribution is -2.44. The van der Waals surface area contributed by atoms with E-state index in [9.17, 15) is 4.79 Å². The van der Waals surface area contributed by atoms with E-state index in [-0.39, 0.29) is 5.91 Å². The number of likely N-dealkylation sites (N-methyl/N-ethyl adjacent to an activating group) is 1. The van der Waals surface area contributed by atoms with Gasteiger partial charge in [0.2, 0.25) is 5.91 Å². The Kier molecular flexibility index (Phi) is 6.72. The lowest BCUT2D eigenvalue weighted by Gasteiger charge is -2.34. The number of benzene rings is 2. The summed E-state index contributed by atoms with van der Waals surface area (Å²) in [6.07, 6.45) is 0. The average molecular weight is 439 g/mol. The Morgan fingerprint density at radius 1 is 1.07 bits per heavy atom. The Hall–Kier alpha value is -2.35. The summed E-state index contributed by atoms with van der Waals surface area (Å²) in [5.74, 6) is 0.334. The lowest BCUT2D eigenvalue weighted by molar-refractivity contribution is -0.113. The molecule has 7 heteroatoms. The number of hydrogen-bond acceptors (Lipinski definition) is 6. The fourth-order valence-electron chi connectivity index (χ4n) is 3.33. The smallest absolute Gasteiger partial charge is 0.234 e. The molecule has 1 aliphatic rings. The number of nitrogens with zero attached hydrogens (tertiary/aromatic N) is 3. The first kappa shape index (κ1) is 20.9. The van der Waals surface area contributed by atoms with Gasteiger partial charge in [0, 0.05) is 48.5 Å². The van der Waals surface area contributed by atoms with Gasteiger partial charge in [-0.3, -0.25) is 4.79 Å². The van der Waals surface area contributed by atoms with Crippen molar-refractivity contribution in [3.8, 4) is 11.3 Å². The predicted molar refractivity (Wildman–Crippen MR) is 128 cm³/mol. The van der Waals surface area contributed by atoms with Crippen LogP contribution in [0.15, 0.2) is 58.3 Å². The van der Waals surface area contributed by atoms with E-state index in [0.717, 1.165) is 47.5 Å². The first-order valence-corrected chi connectivity index (χ1v) is 11.9. The van der Waals surface area contributed by atoms with E-state index in [1.54, 1.807) is 11.3 Å². The number of carbonyl (C=O) groups excluding carboxylic acids is 1. The van der Waals surface area contributed by atoms with Gasteiger partial charge in [-0.25, -0.2) is 4.98 Å². The van der Waals surface area contributed by atoms with E-state index in [1.165, 1.54) is 23.0 Å². The molecular formula is C23H26N4OS2. The number of thioether (sulfide) groups is 1. The summed E-state index contributed by atoms with van der Waals surface area (Å²) in [7, 11) is 2.16. The SMILES string of the molecule is Cc1ccc(-c2csc(SCC(=O)Nc3ccc(N4CCN(C)CC4)cc3)n2)cc1. The van der Waals surface area contributed by atoms with Crippen molar-refractivity contribution < 1.29 is 4.79 Å². The van der Waals surface area contributed by atoms with Crippen molar-refractivity contribution in [1.29, 1.82) is 0 Å². The highest BCUT2D eigenvalue weighted by Crippen LogP contribution is 2.28. The molecule has 0 aliphatic carbocycles. The van der Waals surface area contributed by atoms with Crippen LogP contribution in [0.1, 0.15) is 5.56 Å². The highest BCUT2D eigenvalue weighted by Gasteiger charge is 2.14. The van der Waals surface area contributed by atoms with E-state index >= 15 is 0 Å². The number of aromatic nitrogens is 1. The first-order valence-electron chi connectivity index (χ1n) is 10.1. The van der Waals surface area contributed by atoms with E-state index in [4.69, 9.17) is 0 Å². The van der Waals surface area contributed by atoms with Crippen molar-refractivity contribution in [2.24, 2.45) is 0 Å². The minimum absolute atomic E-state index is 0.0144. The zero-order chi connectivity index (χ0) is 20.9. The maximum absolute atomic E-state index is 12.4. The van der Waals surface area contributed by atoms with Crippen LogP contribution in [0.25, 0.3) is 11.3 Å². The molecule has 30 heavy (non-hydrogen) atoms. The van der Waals surface area contributed by atoms with Gasteiger partial charge in [0.05, 0.1) is 11.4 Å². The van der Waals surface area contributed by atoms with Crippen LogP contribution in [-0.4, -0.2) is 54.8 Å². The molecule has 2 heterocycles. The standard InChI is InChI=1S/C23H26N4OS2/c1-17-3-5-18(6-4-17)21-15-29-23(25-21)30-16-22(28)24-19-7-9-20(10-8-19)27-13-11-26(2)12-14-27/h3-10,15H,11-14,16H2,1-2H3,(H,24,28). The monoisotopic (exact) mass is 438 g/mol. The summed E-state index contributed by atoms with van der Waals surface area (Å²) in [6, 6.07) is 16.5. The van der Waals surface area contributed by atoms with Crippen molar-refractivity contribution >= 4 is 40.4 Å². The molecule has 0 spiro atoms. The highest BCUT2D eigenvalue weighted by atomic mass is 32.2. The Balaban J connectivity index is 1.27. The van der Waals surface area contributed by atoms with Crippen LogP contribution >= 0.6 is 23.1 Å². The van der Waals surface area contributed by atoms with Crippen LogP contribution in [0.2, 0.25) is 0 Å². The molecule has 156 valence electrons. The first-order chi connectivity index (χ1) is 14.6. The molecular weight excluding hydrogens is 412 g/mol. The zero-order valence-corrected chi connectivity index (χ0v) is 18.9. The number of aryl methyl sites for hydroxylation is 1. The second-order valence-corrected chi connectivity index (χ2v) is 9.62. The molecule has 1 saturated heterocycles. The van der Waals surface area contributed by atoms with E-state index in [0.29, 0.717) is 5.75 Å². The van der Waals surface area contributed by atoms with Crippen LogP contribution in [-0.2, 0) is 4.79 Å². The number of nitrogens with one attached hydrogen (secondary N) is 1. The van der Waals surface area contributed by atoms with Gasteiger partial charge in [-0.1, -0.05) is 41.6 Å². The molecule has 1 amide bonds. The normalized spacial score (nSPS) is 14.7. The quantitative estimate of drug-likeness (QED) is 0.570. The van der Waals surface area contributed by atoms with Gasteiger partial charge in [-0.2, -0.15) is 0 Å². The number of amides is 1. The van der Waals surface area contributed by atoms with Crippen LogP contribution < -0.4 is 10.2 Å². The molecule has 1 fully saturated rings.